The van der Waals surface area contributed by atoms with Gasteiger partial charge in [0, 0.05) is 24.0 Å². The van der Waals surface area contributed by atoms with E-state index in [0.29, 0.717) is 0 Å². The van der Waals surface area contributed by atoms with Crippen molar-refractivity contribution >= 4 is 43.6 Å². The third-order valence-corrected chi connectivity index (χ3v) is 6.56. The van der Waals surface area contributed by atoms with Gasteiger partial charge in [0.25, 0.3) is 0 Å². The van der Waals surface area contributed by atoms with E-state index in [0.717, 1.165) is 55.3 Å². The Balaban J connectivity index is 0.000000176. The molecule has 4 heterocycles. The number of hydrogen-bond acceptors (Lipinski definition) is 6. The molecular weight excluding hydrogens is 663 g/mol. The third-order valence-electron chi connectivity index (χ3n) is 6.56. The Morgan fingerprint density at radius 3 is 1.31 bits per heavy atom. The molecule has 0 atom stereocenters. The number of aryl methyl sites for hydroxylation is 2. The zero-order chi connectivity index (χ0) is 27.2. The van der Waals surface area contributed by atoms with Gasteiger partial charge in [-0.3, -0.25) is 0 Å². The zero-order valence-electron chi connectivity index (χ0n) is 23.6. The molecule has 0 aliphatic rings. The van der Waals surface area contributed by atoms with Crippen LogP contribution >= 0.6 is 0 Å². The van der Waals surface area contributed by atoms with Crippen LogP contribution in [0.1, 0.15) is 64.3 Å². The van der Waals surface area contributed by atoms with Crippen LogP contribution in [0.25, 0.3) is 43.6 Å². The predicted molar refractivity (Wildman–Crippen MR) is 154 cm³/mol. The van der Waals surface area contributed by atoms with E-state index in [-0.39, 0.29) is 31.9 Å². The smallest absolute Gasteiger partial charge is 0.338 e. The summed E-state index contributed by atoms with van der Waals surface area (Å²) >= 11 is 0. The maximum absolute atomic E-state index is 4.64. The average molecular weight is 696 g/mol. The Bertz CT molecular complexity index is 1680. The Kier molecular flexibility index (Phi) is 7.82. The molecule has 0 saturated carbocycles. The Hall–Kier alpha value is -3.37. The summed E-state index contributed by atoms with van der Waals surface area (Å²) in [4.78, 5) is 27.0. The second-order valence-corrected chi connectivity index (χ2v) is 11.8. The zero-order valence-corrected chi connectivity index (χ0v) is 25.9. The second kappa shape index (κ2) is 10.7. The van der Waals surface area contributed by atoms with Gasteiger partial charge in [0.15, 0.2) is 0 Å². The fourth-order valence-corrected chi connectivity index (χ4v) is 4.27. The van der Waals surface area contributed by atoms with Crippen molar-refractivity contribution in [2.45, 2.75) is 66.2 Å². The molecule has 39 heavy (non-hydrogen) atoms. The molecule has 6 aromatic rings. The van der Waals surface area contributed by atoms with E-state index in [4.69, 9.17) is 0 Å². The van der Waals surface area contributed by atoms with Crippen LogP contribution in [-0.4, -0.2) is 29.9 Å². The molecule has 200 valence electrons. The fourth-order valence-electron chi connectivity index (χ4n) is 4.27. The van der Waals surface area contributed by atoms with Gasteiger partial charge < -0.3 is 29.9 Å². The van der Waals surface area contributed by atoms with Gasteiger partial charge in [-0.25, -0.2) is 0 Å². The minimum atomic E-state index is -0.0698. The van der Waals surface area contributed by atoms with Crippen molar-refractivity contribution in [3.8, 4) is 0 Å². The van der Waals surface area contributed by atoms with Gasteiger partial charge in [-0.1, -0.05) is 76.6 Å². The van der Waals surface area contributed by atoms with Crippen molar-refractivity contribution in [3.05, 3.63) is 84.0 Å². The summed E-state index contributed by atoms with van der Waals surface area (Å²) in [7, 11) is 0. The van der Waals surface area contributed by atoms with E-state index >= 15 is 0 Å². The molecule has 2 aromatic carbocycles. The largest absolute Gasteiger partial charge is 2.00 e. The van der Waals surface area contributed by atoms with Crippen molar-refractivity contribution < 1.29 is 21.1 Å². The summed E-state index contributed by atoms with van der Waals surface area (Å²) in [6, 6.07) is 12.2. The average Bonchev–Trinajstić information content (AvgIpc) is 2.87. The Morgan fingerprint density at radius 1 is 0.564 bits per heavy atom. The molecule has 0 radical (unpaired) electrons. The summed E-state index contributed by atoms with van der Waals surface area (Å²) in [5.41, 5.74) is 5.95. The van der Waals surface area contributed by atoms with E-state index in [2.05, 4.69) is 110 Å². The van der Waals surface area contributed by atoms with Gasteiger partial charge in [-0.2, -0.15) is 0 Å². The van der Waals surface area contributed by atoms with Crippen LogP contribution < -0.4 is 0 Å². The molecule has 0 saturated heterocycles. The molecule has 7 heteroatoms. The third kappa shape index (κ3) is 5.67. The van der Waals surface area contributed by atoms with Crippen LogP contribution in [0.3, 0.4) is 0 Å². The van der Waals surface area contributed by atoms with Crippen molar-refractivity contribution in [2.75, 3.05) is 0 Å². The second-order valence-electron chi connectivity index (χ2n) is 11.8. The van der Waals surface area contributed by atoms with Gasteiger partial charge in [0.05, 0.1) is 0 Å². The number of aromatic nitrogens is 6. The molecular formula is C32H32N6Pt. The normalized spacial score (nSPS) is 11.9. The summed E-state index contributed by atoms with van der Waals surface area (Å²) in [5.74, 6) is 1.62. The van der Waals surface area contributed by atoms with Crippen LogP contribution in [0.4, 0.5) is 0 Å². The maximum Gasteiger partial charge on any atom is 2.00 e. The number of benzene rings is 2. The topological polar surface area (TPSA) is 77.3 Å². The van der Waals surface area contributed by atoms with Crippen LogP contribution in [0, 0.1) is 26.2 Å². The van der Waals surface area contributed by atoms with E-state index in [1.54, 1.807) is 0 Å². The first kappa shape index (κ1) is 28.6. The Labute approximate surface area is 244 Å². The van der Waals surface area contributed by atoms with Crippen LogP contribution in [0.5, 0.6) is 0 Å². The number of nitrogens with zero attached hydrogens (tertiary/aromatic N) is 6. The number of rotatable bonds is 0. The molecule has 0 fully saturated rings. The number of hydrogen-bond donors (Lipinski definition) is 0. The predicted octanol–water partition coefficient (Wildman–Crippen LogP) is 7.17. The number of pyridine rings is 2. The van der Waals surface area contributed by atoms with Crippen molar-refractivity contribution in [1.82, 2.24) is 29.9 Å². The molecule has 6 rings (SSSR count). The minimum Gasteiger partial charge on any atom is -0.338 e. The molecule has 6 nitrogen and oxygen atoms in total. The van der Waals surface area contributed by atoms with Crippen molar-refractivity contribution in [2.24, 2.45) is 0 Å². The van der Waals surface area contributed by atoms with Gasteiger partial charge >= 0.3 is 21.1 Å². The van der Waals surface area contributed by atoms with Crippen LogP contribution in [0.15, 0.2) is 48.8 Å². The van der Waals surface area contributed by atoms with Gasteiger partial charge in [-0.05, 0) is 93.2 Å². The van der Waals surface area contributed by atoms with E-state index in [9.17, 15) is 0 Å². The molecule has 0 unspecified atom stereocenters. The summed E-state index contributed by atoms with van der Waals surface area (Å²) in [5, 5.41) is 4.07. The molecule has 0 amide bonds. The van der Waals surface area contributed by atoms with E-state index < -0.39 is 0 Å². The molecule has 4 aromatic heterocycles. The first-order chi connectivity index (χ1) is 17.9. The SMILES string of the molecule is Cc1ccnc2c1ccc1nc(C(C)(C)C)n[c-]c12.Cc1ccnc2c1ccc1nc(C(C)(C)C)n[c-]c12.[Pt+2]. The van der Waals surface area contributed by atoms with Gasteiger partial charge in [0.1, 0.15) is 0 Å². The van der Waals surface area contributed by atoms with Crippen molar-refractivity contribution in [3.63, 3.8) is 0 Å². The molecule has 0 bridgehead atoms. The fraction of sp³-hybridized carbons (Fsp3) is 0.312. The van der Waals surface area contributed by atoms with Crippen LogP contribution in [0.2, 0.25) is 0 Å². The standard InChI is InChI=1S/2C16H16N3.Pt/c2*1-10-7-8-17-14-11(10)5-6-13-12(14)9-18-15(19-13)16(2,3)4;/h2*5-8H,1-4H3;/q2*-1;+2. The summed E-state index contributed by atoms with van der Waals surface area (Å²) in [6.07, 6.45) is 9.89. The van der Waals surface area contributed by atoms with Gasteiger partial charge in [-0.15, -0.1) is 0 Å². The maximum atomic E-state index is 4.64. The monoisotopic (exact) mass is 695 g/mol. The molecule has 0 aliphatic heterocycles. The quantitative estimate of drug-likeness (QED) is 0.124. The molecule has 0 N–H and O–H groups in total. The summed E-state index contributed by atoms with van der Waals surface area (Å²) < 4.78 is 0. The Morgan fingerprint density at radius 2 is 0.949 bits per heavy atom. The number of fused-ring (bicyclic) bond motifs is 6. The van der Waals surface area contributed by atoms with E-state index in [1.165, 1.54) is 11.1 Å². The van der Waals surface area contributed by atoms with E-state index in [1.807, 2.05) is 36.7 Å². The van der Waals surface area contributed by atoms with Crippen LogP contribution in [-0.2, 0) is 31.9 Å². The minimum absolute atomic E-state index is 0. The molecule has 0 spiro atoms. The first-order valence-electron chi connectivity index (χ1n) is 12.8. The molecule has 0 aliphatic carbocycles. The van der Waals surface area contributed by atoms with Gasteiger partial charge in [0.2, 0.25) is 0 Å². The first-order valence-corrected chi connectivity index (χ1v) is 12.8. The summed E-state index contributed by atoms with van der Waals surface area (Å²) in [6.45, 7) is 16.8. The van der Waals surface area contributed by atoms with Crippen molar-refractivity contribution in [1.29, 1.82) is 0 Å².